The van der Waals surface area contributed by atoms with E-state index >= 15 is 0 Å². The summed E-state index contributed by atoms with van der Waals surface area (Å²) >= 11 is 0. The molecule has 37 heavy (non-hydrogen) atoms. The Morgan fingerprint density at radius 3 is 2.54 bits per heavy atom. The number of hydrogen-bond donors (Lipinski definition) is 2. The van der Waals surface area contributed by atoms with Gasteiger partial charge in [0.15, 0.2) is 0 Å². The molecule has 0 bridgehead atoms. The molecule has 8 nitrogen and oxygen atoms in total. The minimum absolute atomic E-state index is 0.00426. The number of nitro benzene ring substituents is 1. The van der Waals surface area contributed by atoms with E-state index in [1.54, 1.807) is 24.5 Å². The average Bonchev–Trinajstić information content (AvgIpc) is 3.35. The van der Waals surface area contributed by atoms with Crippen molar-refractivity contribution in [3.05, 3.63) is 130 Å². The van der Waals surface area contributed by atoms with Crippen LogP contribution < -0.4 is 10.1 Å². The van der Waals surface area contributed by atoms with Crippen molar-refractivity contribution in [2.75, 3.05) is 0 Å². The third-order valence-corrected chi connectivity index (χ3v) is 6.15. The molecule has 0 aliphatic rings. The van der Waals surface area contributed by atoms with Gasteiger partial charge in [-0.3, -0.25) is 19.9 Å². The largest absolute Gasteiger partial charge is 0.457 e. The number of amides is 1. The topological polar surface area (TPSA) is 110 Å². The van der Waals surface area contributed by atoms with E-state index in [0.717, 1.165) is 22.2 Å². The quantitative estimate of drug-likeness (QED) is 0.191. The summed E-state index contributed by atoms with van der Waals surface area (Å²) in [4.78, 5) is 31.3. The maximum absolute atomic E-state index is 13.1. The number of rotatable bonds is 9. The molecule has 0 spiro atoms. The number of carbonyl (C=O) groups excluding carboxylic acids is 1. The van der Waals surface area contributed by atoms with Crippen molar-refractivity contribution in [3.8, 4) is 11.5 Å². The van der Waals surface area contributed by atoms with Crippen LogP contribution in [0.4, 0.5) is 5.69 Å². The van der Waals surface area contributed by atoms with Crippen LogP contribution in [0, 0.1) is 10.1 Å². The molecule has 2 N–H and O–H groups in total. The molecule has 184 valence electrons. The number of hydrogen-bond acceptors (Lipinski definition) is 5. The molecule has 2 aromatic heterocycles. The minimum Gasteiger partial charge on any atom is -0.457 e. The third kappa shape index (κ3) is 5.65. The van der Waals surface area contributed by atoms with E-state index in [-0.39, 0.29) is 23.9 Å². The van der Waals surface area contributed by atoms with Gasteiger partial charge in [-0.25, -0.2) is 0 Å². The van der Waals surface area contributed by atoms with Gasteiger partial charge in [0.25, 0.3) is 5.69 Å². The van der Waals surface area contributed by atoms with Crippen LogP contribution in [0.1, 0.15) is 29.0 Å². The van der Waals surface area contributed by atoms with Crippen molar-refractivity contribution in [1.82, 2.24) is 15.3 Å². The lowest BCUT2D eigenvalue weighted by Crippen LogP contribution is -2.25. The molecule has 0 saturated heterocycles. The van der Waals surface area contributed by atoms with E-state index in [1.165, 1.54) is 6.07 Å². The zero-order valence-corrected chi connectivity index (χ0v) is 19.8. The minimum atomic E-state index is -0.416. The van der Waals surface area contributed by atoms with Gasteiger partial charge in [0.1, 0.15) is 11.5 Å². The van der Waals surface area contributed by atoms with Crippen LogP contribution >= 0.6 is 0 Å². The van der Waals surface area contributed by atoms with E-state index in [9.17, 15) is 14.9 Å². The van der Waals surface area contributed by atoms with Crippen LogP contribution in [-0.2, 0) is 11.3 Å². The standard InChI is InChI=1S/C29H24N4O4/c34-29(32-18-20-11-13-30-14-12-20)17-25(27-19-31-28-10-9-22(33(35)36)16-26(27)28)21-5-4-8-24(15-21)37-23-6-2-1-3-7-23/h1-16,19,25,31H,17-18H2,(H,32,34)/t25-/m1/s1. The zero-order chi connectivity index (χ0) is 25.6. The third-order valence-electron chi connectivity index (χ3n) is 6.15. The van der Waals surface area contributed by atoms with Crippen molar-refractivity contribution < 1.29 is 14.5 Å². The summed E-state index contributed by atoms with van der Waals surface area (Å²) in [6.45, 7) is 0.380. The van der Waals surface area contributed by atoms with Crippen LogP contribution in [0.15, 0.2) is 104 Å². The second kappa shape index (κ2) is 10.7. The normalized spacial score (nSPS) is 11.7. The Labute approximate surface area is 213 Å². The highest BCUT2D eigenvalue weighted by molar-refractivity contribution is 5.87. The van der Waals surface area contributed by atoms with Crippen LogP contribution in [0.2, 0.25) is 0 Å². The fourth-order valence-corrected chi connectivity index (χ4v) is 4.32. The number of carbonyl (C=O) groups is 1. The Hall–Kier alpha value is -4.98. The Morgan fingerprint density at radius 2 is 1.76 bits per heavy atom. The molecule has 8 heteroatoms. The Bertz CT molecular complexity index is 1530. The molecule has 0 unspecified atom stereocenters. The van der Waals surface area contributed by atoms with Crippen LogP contribution in [-0.4, -0.2) is 20.8 Å². The van der Waals surface area contributed by atoms with Gasteiger partial charge in [0, 0.05) is 60.5 Å². The molecule has 0 aliphatic heterocycles. The molecule has 0 fully saturated rings. The number of aromatic amines is 1. The number of aromatic nitrogens is 2. The van der Waals surface area contributed by atoms with Crippen LogP contribution in [0.3, 0.4) is 0 Å². The van der Waals surface area contributed by atoms with Gasteiger partial charge < -0.3 is 15.0 Å². The number of non-ortho nitro benzene ring substituents is 1. The molecule has 2 heterocycles. The molecule has 0 saturated carbocycles. The van der Waals surface area contributed by atoms with E-state index in [0.29, 0.717) is 23.4 Å². The van der Waals surface area contributed by atoms with Crippen molar-refractivity contribution in [2.24, 2.45) is 0 Å². The van der Waals surface area contributed by atoms with Crippen LogP contribution in [0.5, 0.6) is 11.5 Å². The lowest BCUT2D eigenvalue weighted by Gasteiger charge is -2.18. The lowest BCUT2D eigenvalue weighted by molar-refractivity contribution is -0.384. The number of fused-ring (bicyclic) bond motifs is 1. The molecule has 0 aliphatic carbocycles. The maximum atomic E-state index is 13.1. The van der Waals surface area contributed by atoms with Crippen molar-refractivity contribution >= 4 is 22.5 Å². The lowest BCUT2D eigenvalue weighted by atomic mass is 9.87. The summed E-state index contributed by atoms with van der Waals surface area (Å²) in [5, 5.41) is 15.1. The summed E-state index contributed by atoms with van der Waals surface area (Å²) < 4.78 is 6.03. The first kappa shape index (κ1) is 23.7. The van der Waals surface area contributed by atoms with Crippen molar-refractivity contribution in [2.45, 2.75) is 18.9 Å². The predicted octanol–water partition coefficient (Wildman–Crippen LogP) is 6.10. The molecule has 1 atom stereocenters. The SMILES string of the molecule is O=C(C[C@H](c1cccc(Oc2ccccc2)c1)c1c[nH]c2ccc([N+](=O)[O-])cc12)NCc1ccncc1. The molecular weight excluding hydrogens is 468 g/mol. The number of nitro groups is 1. The molecule has 5 aromatic rings. The Balaban J connectivity index is 1.48. The predicted molar refractivity (Wildman–Crippen MR) is 140 cm³/mol. The first-order chi connectivity index (χ1) is 18.1. The van der Waals surface area contributed by atoms with Gasteiger partial charge in [0.2, 0.25) is 5.91 Å². The first-order valence-corrected chi connectivity index (χ1v) is 11.8. The fraction of sp³-hybridized carbons (Fsp3) is 0.103. The monoisotopic (exact) mass is 492 g/mol. The molecule has 5 rings (SSSR count). The molecule has 3 aromatic carbocycles. The number of ether oxygens (including phenoxy) is 1. The highest BCUT2D eigenvalue weighted by atomic mass is 16.6. The summed E-state index contributed by atoms with van der Waals surface area (Å²) in [6.07, 6.45) is 5.33. The Kier molecular flexibility index (Phi) is 6.89. The van der Waals surface area contributed by atoms with E-state index in [2.05, 4.69) is 15.3 Å². The number of nitrogens with one attached hydrogen (secondary N) is 2. The van der Waals surface area contributed by atoms with Gasteiger partial charge in [-0.1, -0.05) is 30.3 Å². The summed E-state index contributed by atoms with van der Waals surface area (Å²) in [5.74, 6) is 0.828. The second-order valence-corrected chi connectivity index (χ2v) is 8.61. The van der Waals surface area contributed by atoms with Gasteiger partial charge in [-0.05, 0) is 59.2 Å². The highest BCUT2D eigenvalue weighted by Crippen LogP contribution is 2.36. The first-order valence-electron chi connectivity index (χ1n) is 11.8. The fourth-order valence-electron chi connectivity index (χ4n) is 4.32. The number of para-hydroxylation sites is 1. The maximum Gasteiger partial charge on any atom is 0.270 e. The van der Waals surface area contributed by atoms with E-state index in [1.807, 2.05) is 72.9 Å². The summed E-state index contributed by atoms with van der Waals surface area (Å²) in [6, 6.07) is 25.4. The van der Waals surface area contributed by atoms with Crippen molar-refractivity contribution in [3.63, 3.8) is 0 Å². The molecule has 1 amide bonds. The van der Waals surface area contributed by atoms with Gasteiger partial charge in [0.05, 0.1) is 4.92 Å². The summed E-state index contributed by atoms with van der Waals surface area (Å²) in [5.41, 5.74) is 3.37. The van der Waals surface area contributed by atoms with Crippen molar-refractivity contribution in [1.29, 1.82) is 0 Å². The second-order valence-electron chi connectivity index (χ2n) is 8.61. The average molecular weight is 493 g/mol. The Morgan fingerprint density at radius 1 is 0.973 bits per heavy atom. The van der Waals surface area contributed by atoms with E-state index in [4.69, 9.17) is 4.74 Å². The summed E-state index contributed by atoms with van der Waals surface area (Å²) in [7, 11) is 0. The van der Waals surface area contributed by atoms with Gasteiger partial charge in [-0.15, -0.1) is 0 Å². The molecule has 0 radical (unpaired) electrons. The van der Waals surface area contributed by atoms with Gasteiger partial charge >= 0.3 is 0 Å². The number of pyridine rings is 1. The zero-order valence-electron chi connectivity index (χ0n) is 19.8. The van der Waals surface area contributed by atoms with E-state index < -0.39 is 4.92 Å². The van der Waals surface area contributed by atoms with Crippen LogP contribution in [0.25, 0.3) is 10.9 Å². The smallest absolute Gasteiger partial charge is 0.270 e. The molecular formula is C29H24N4O4. The number of nitrogens with zero attached hydrogens (tertiary/aromatic N) is 2. The number of H-pyrrole nitrogens is 1. The van der Waals surface area contributed by atoms with Gasteiger partial charge in [-0.2, -0.15) is 0 Å². The highest BCUT2D eigenvalue weighted by Gasteiger charge is 2.23. The number of benzene rings is 3.